The first-order valence-electron chi connectivity index (χ1n) is 9.54. The van der Waals surface area contributed by atoms with Crippen LogP contribution >= 0.6 is 0 Å². The number of rotatable bonds is 4. The second-order valence-electron chi connectivity index (χ2n) is 7.87. The maximum Gasteiger partial charge on any atom is 0.117 e. The van der Waals surface area contributed by atoms with E-state index in [4.69, 9.17) is 0 Å². The van der Waals surface area contributed by atoms with E-state index >= 15 is 4.39 Å². The van der Waals surface area contributed by atoms with Crippen molar-refractivity contribution >= 4 is 5.52 Å². The van der Waals surface area contributed by atoms with Crippen molar-refractivity contribution in [1.29, 1.82) is 0 Å². The molecule has 1 saturated carbocycles. The van der Waals surface area contributed by atoms with Crippen LogP contribution in [0, 0.1) is 5.92 Å². The lowest BCUT2D eigenvalue weighted by atomic mass is 9.85. The molecule has 4 rings (SSSR count). The lowest BCUT2D eigenvalue weighted by Gasteiger charge is -2.38. The normalized spacial score (nSPS) is 22.9. The monoisotopic (exact) mass is 329 g/mol. The highest BCUT2D eigenvalue weighted by Crippen LogP contribution is 2.32. The molecule has 0 N–H and O–H groups in total. The molecule has 1 aliphatic carbocycles. The van der Waals surface area contributed by atoms with Gasteiger partial charge in [0.25, 0.3) is 0 Å². The van der Waals surface area contributed by atoms with E-state index in [2.05, 4.69) is 16.1 Å². The minimum atomic E-state index is -1.04. The maximum atomic E-state index is 15.3. The third-order valence-electron chi connectivity index (χ3n) is 5.98. The molecule has 3 heterocycles. The van der Waals surface area contributed by atoms with Gasteiger partial charge in [-0.25, -0.2) is 8.91 Å². The van der Waals surface area contributed by atoms with E-state index in [0.29, 0.717) is 19.3 Å². The van der Waals surface area contributed by atoms with Crippen LogP contribution in [0.2, 0.25) is 0 Å². The summed E-state index contributed by atoms with van der Waals surface area (Å²) < 4.78 is 17.1. The zero-order chi connectivity index (χ0) is 16.4. The van der Waals surface area contributed by atoms with E-state index in [-0.39, 0.29) is 0 Å². The molecule has 0 radical (unpaired) electrons. The van der Waals surface area contributed by atoms with Crippen molar-refractivity contribution < 1.29 is 4.39 Å². The average Bonchev–Trinajstić information content (AvgIpc) is 3.06. The second kappa shape index (κ2) is 6.83. The molecule has 0 aromatic carbocycles. The molecule has 130 valence electrons. The third kappa shape index (κ3) is 3.64. The highest BCUT2D eigenvalue weighted by Gasteiger charge is 2.35. The summed E-state index contributed by atoms with van der Waals surface area (Å²) in [6.45, 7) is 3.03. The summed E-state index contributed by atoms with van der Waals surface area (Å²) in [7, 11) is 0. The molecule has 2 aromatic rings. The van der Waals surface area contributed by atoms with Gasteiger partial charge in [0, 0.05) is 38.4 Å². The van der Waals surface area contributed by atoms with Crippen LogP contribution in [0.4, 0.5) is 4.39 Å². The van der Waals surface area contributed by atoms with Crippen LogP contribution in [-0.4, -0.2) is 39.8 Å². The fraction of sp³-hybridized carbons (Fsp3) is 0.650. The molecule has 1 saturated heterocycles. The Morgan fingerprint density at radius 3 is 2.71 bits per heavy atom. The Morgan fingerprint density at radius 1 is 1.12 bits per heavy atom. The minimum absolute atomic E-state index is 0.534. The average molecular weight is 329 g/mol. The molecular formula is C20H28FN3. The zero-order valence-corrected chi connectivity index (χ0v) is 14.5. The van der Waals surface area contributed by atoms with Gasteiger partial charge in [-0.1, -0.05) is 19.3 Å². The number of hydrogen-bond acceptors (Lipinski definition) is 2. The minimum Gasteiger partial charge on any atom is -0.303 e. The van der Waals surface area contributed by atoms with Crippen LogP contribution in [0.1, 0.15) is 50.5 Å². The number of nitrogens with zero attached hydrogens (tertiary/aromatic N) is 3. The number of fused-ring (bicyclic) bond motifs is 1. The number of hydrogen-bond donors (Lipinski definition) is 0. The van der Waals surface area contributed by atoms with Gasteiger partial charge in [-0.05, 0) is 55.4 Å². The second-order valence-corrected chi connectivity index (χ2v) is 7.87. The SMILES string of the molecule is FC1(Cc2ccn3nccc3c2)CCN(CC2CCCCC2)CC1. The first kappa shape index (κ1) is 16.1. The van der Waals surface area contributed by atoms with E-state index in [1.54, 1.807) is 6.20 Å². The Balaban J connectivity index is 1.33. The topological polar surface area (TPSA) is 20.5 Å². The largest absolute Gasteiger partial charge is 0.303 e. The van der Waals surface area contributed by atoms with Crippen LogP contribution < -0.4 is 0 Å². The Kier molecular flexibility index (Phi) is 4.57. The summed E-state index contributed by atoms with van der Waals surface area (Å²) in [4.78, 5) is 2.51. The Morgan fingerprint density at radius 2 is 1.92 bits per heavy atom. The maximum absolute atomic E-state index is 15.3. The Labute approximate surface area is 143 Å². The summed E-state index contributed by atoms with van der Waals surface area (Å²) in [6, 6.07) is 6.06. The summed E-state index contributed by atoms with van der Waals surface area (Å²) in [5.74, 6) is 0.857. The van der Waals surface area contributed by atoms with E-state index < -0.39 is 5.67 Å². The summed E-state index contributed by atoms with van der Waals surface area (Å²) in [6.07, 6.45) is 12.5. The van der Waals surface area contributed by atoms with E-state index in [1.807, 2.05) is 22.8 Å². The van der Waals surface area contributed by atoms with Gasteiger partial charge in [0.15, 0.2) is 0 Å². The molecular weight excluding hydrogens is 301 g/mol. The zero-order valence-electron chi connectivity index (χ0n) is 14.5. The Hall–Kier alpha value is -1.42. The van der Waals surface area contributed by atoms with Gasteiger partial charge in [-0.15, -0.1) is 0 Å². The molecule has 1 aliphatic heterocycles. The number of alkyl halides is 1. The highest BCUT2D eigenvalue weighted by atomic mass is 19.1. The van der Waals surface area contributed by atoms with Crippen molar-refractivity contribution in [3.8, 4) is 0 Å². The molecule has 0 unspecified atom stereocenters. The van der Waals surface area contributed by atoms with Crippen LogP contribution in [0.25, 0.3) is 5.52 Å². The van der Waals surface area contributed by atoms with Crippen LogP contribution in [0.15, 0.2) is 30.6 Å². The van der Waals surface area contributed by atoms with Crippen molar-refractivity contribution in [1.82, 2.24) is 14.5 Å². The van der Waals surface area contributed by atoms with Crippen LogP contribution in [0.5, 0.6) is 0 Å². The van der Waals surface area contributed by atoms with Gasteiger partial charge >= 0.3 is 0 Å². The Bertz CT molecular complexity index is 666. The van der Waals surface area contributed by atoms with Crippen LogP contribution in [-0.2, 0) is 6.42 Å². The molecule has 2 aromatic heterocycles. The van der Waals surface area contributed by atoms with Crippen molar-refractivity contribution in [3.63, 3.8) is 0 Å². The predicted octanol–water partition coefficient (Wildman–Crippen LogP) is 4.26. The van der Waals surface area contributed by atoms with Crippen molar-refractivity contribution in [3.05, 3.63) is 36.2 Å². The molecule has 24 heavy (non-hydrogen) atoms. The smallest absolute Gasteiger partial charge is 0.117 e. The fourth-order valence-electron chi connectivity index (χ4n) is 4.49. The number of pyridine rings is 1. The van der Waals surface area contributed by atoms with Gasteiger partial charge in [0.1, 0.15) is 5.67 Å². The summed E-state index contributed by atoms with van der Waals surface area (Å²) in [5.41, 5.74) is 1.10. The van der Waals surface area contributed by atoms with E-state index in [9.17, 15) is 0 Å². The fourth-order valence-corrected chi connectivity index (χ4v) is 4.49. The van der Waals surface area contributed by atoms with E-state index in [1.165, 1.54) is 38.6 Å². The molecule has 4 heteroatoms. The molecule has 2 aliphatic rings. The highest BCUT2D eigenvalue weighted by molar-refractivity contribution is 5.47. The molecule has 0 atom stereocenters. The predicted molar refractivity (Wildman–Crippen MR) is 95.0 cm³/mol. The lowest BCUT2D eigenvalue weighted by molar-refractivity contribution is 0.0484. The van der Waals surface area contributed by atoms with Crippen molar-refractivity contribution in [2.75, 3.05) is 19.6 Å². The first-order valence-corrected chi connectivity index (χ1v) is 9.54. The molecule has 0 spiro atoms. The lowest BCUT2D eigenvalue weighted by Crippen LogP contribution is -2.44. The molecule has 2 fully saturated rings. The number of halogens is 1. The van der Waals surface area contributed by atoms with Gasteiger partial charge in [0.2, 0.25) is 0 Å². The summed E-state index contributed by atoms with van der Waals surface area (Å²) >= 11 is 0. The van der Waals surface area contributed by atoms with E-state index in [0.717, 1.165) is 30.1 Å². The number of aromatic nitrogens is 2. The number of likely N-dealkylation sites (tertiary alicyclic amines) is 1. The molecule has 0 amide bonds. The van der Waals surface area contributed by atoms with Gasteiger partial charge in [-0.2, -0.15) is 5.10 Å². The van der Waals surface area contributed by atoms with Gasteiger partial charge in [-0.3, -0.25) is 0 Å². The van der Waals surface area contributed by atoms with Crippen molar-refractivity contribution in [2.45, 2.75) is 57.0 Å². The standard InChI is InChI=1S/C20H28FN3/c21-20(15-18-7-11-24-19(14-18)6-10-22-24)8-12-23(13-9-20)16-17-4-2-1-3-5-17/h6-7,10-11,14,17H,1-5,8-9,12-13,15-16H2. The molecule has 0 bridgehead atoms. The third-order valence-corrected chi connectivity index (χ3v) is 5.98. The van der Waals surface area contributed by atoms with Crippen molar-refractivity contribution in [2.24, 2.45) is 5.92 Å². The number of piperidine rings is 1. The summed E-state index contributed by atoms with van der Waals surface area (Å²) in [5, 5.41) is 4.21. The van der Waals surface area contributed by atoms with Crippen LogP contribution in [0.3, 0.4) is 0 Å². The van der Waals surface area contributed by atoms with Gasteiger partial charge in [0.05, 0.1) is 5.52 Å². The first-order chi connectivity index (χ1) is 11.7. The quantitative estimate of drug-likeness (QED) is 0.835. The van der Waals surface area contributed by atoms with Gasteiger partial charge < -0.3 is 4.90 Å². The molecule has 3 nitrogen and oxygen atoms in total.